The first kappa shape index (κ1) is 25.0. The smallest absolute Gasteiger partial charge is 0.131 e. The maximum absolute atomic E-state index is 5.99. The fourth-order valence-corrected chi connectivity index (χ4v) is 3.20. The van der Waals surface area contributed by atoms with E-state index < -0.39 is 0 Å². The van der Waals surface area contributed by atoms with E-state index in [0.29, 0.717) is 57.4 Å². The minimum atomic E-state index is 0.568. The van der Waals surface area contributed by atoms with Gasteiger partial charge in [0, 0.05) is 17.5 Å². The highest BCUT2D eigenvalue weighted by molar-refractivity contribution is 5.44. The highest BCUT2D eigenvalue weighted by Gasteiger charge is 2.04. The predicted octanol–water partition coefficient (Wildman–Crippen LogP) is 7.96. The summed E-state index contributed by atoms with van der Waals surface area (Å²) in [5, 5.41) is 0. The molecule has 0 saturated carbocycles. The molecule has 0 unspecified atom stereocenters. The van der Waals surface area contributed by atoms with Gasteiger partial charge in [0.2, 0.25) is 0 Å². The second-order valence-electron chi connectivity index (χ2n) is 8.04. The van der Waals surface area contributed by atoms with Gasteiger partial charge < -0.3 is 30.4 Å². The second-order valence-corrected chi connectivity index (χ2v) is 8.04. The van der Waals surface area contributed by atoms with Crippen molar-refractivity contribution in [3.63, 3.8) is 0 Å². The van der Waals surface area contributed by atoms with Crippen LogP contribution in [0.25, 0.3) is 0 Å². The average molecular weight is 493 g/mol. The third-order valence-corrected chi connectivity index (χ3v) is 5.07. The van der Waals surface area contributed by atoms with E-state index >= 15 is 0 Å². The largest absolute Gasteiger partial charge is 0.462 e. The van der Waals surface area contributed by atoms with Gasteiger partial charge in [0.25, 0.3) is 0 Å². The molecule has 0 spiro atoms. The Bertz CT molecular complexity index is 1390. The summed E-state index contributed by atoms with van der Waals surface area (Å²) in [5.41, 5.74) is 12.7. The number of hydrogen-bond donors (Lipinski definition) is 2. The van der Waals surface area contributed by atoms with Gasteiger partial charge in [0.05, 0.1) is 0 Å². The van der Waals surface area contributed by atoms with Crippen molar-refractivity contribution in [2.75, 3.05) is 5.73 Å². The summed E-state index contributed by atoms with van der Waals surface area (Å²) in [4.78, 5) is 0. The van der Waals surface area contributed by atoms with Crippen molar-refractivity contribution in [1.29, 1.82) is 0 Å². The first-order valence-corrected chi connectivity index (χ1v) is 11.6. The molecule has 0 aliphatic rings. The van der Waals surface area contributed by atoms with E-state index in [9.17, 15) is 0 Å². The number of nitrogen functional groups attached to an aromatic ring is 1. The van der Waals surface area contributed by atoms with Gasteiger partial charge in [-0.1, -0.05) is 12.6 Å². The van der Waals surface area contributed by atoms with Crippen LogP contribution in [-0.2, 0) is 0 Å². The summed E-state index contributed by atoms with van der Waals surface area (Å²) < 4.78 is 23.6. The van der Waals surface area contributed by atoms with Crippen LogP contribution in [0.1, 0.15) is 6.92 Å². The molecule has 4 aromatic carbocycles. The van der Waals surface area contributed by atoms with Gasteiger partial charge in [-0.15, -0.1) is 0 Å². The lowest BCUT2D eigenvalue weighted by atomic mass is 10.3. The molecule has 0 aliphatic heterocycles. The van der Waals surface area contributed by atoms with Gasteiger partial charge >= 0.3 is 0 Å². The second kappa shape index (κ2) is 12.0. The molecule has 186 valence electrons. The number of rotatable bonds is 10. The van der Waals surface area contributed by atoms with E-state index in [1.807, 2.05) is 91.9 Å². The predicted molar refractivity (Wildman–Crippen MR) is 147 cm³/mol. The molecule has 0 radical (unpaired) electrons. The summed E-state index contributed by atoms with van der Waals surface area (Å²) in [6.07, 6.45) is 5.09. The van der Waals surface area contributed by atoms with Crippen LogP contribution in [0, 0.1) is 0 Å². The normalized spacial score (nSPS) is 11.5. The van der Waals surface area contributed by atoms with Crippen LogP contribution in [0.2, 0.25) is 0 Å². The van der Waals surface area contributed by atoms with Crippen LogP contribution in [0.15, 0.2) is 133 Å². The van der Waals surface area contributed by atoms with Gasteiger partial charge in [0.1, 0.15) is 46.0 Å². The van der Waals surface area contributed by atoms with Crippen molar-refractivity contribution in [1.82, 2.24) is 0 Å². The Morgan fingerprint density at radius 2 is 1.05 bits per heavy atom. The van der Waals surface area contributed by atoms with E-state index in [1.165, 1.54) is 0 Å². The van der Waals surface area contributed by atoms with E-state index in [-0.39, 0.29) is 0 Å². The Morgan fingerprint density at radius 3 is 1.54 bits per heavy atom. The SMILES string of the molecule is C=C/C(N)=C\C=C(/C)Oc1ccc(Oc2cccc(Oc3ccc(Oc4ccc(N)cc4)cc3)c2)cc1. The number of allylic oxidation sites excluding steroid dienone is 4. The molecule has 0 atom stereocenters. The van der Waals surface area contributed by atoms with E-state index in [2.05, 4.69) is 6.58 Å². The Hall–Kier alpha value is -5.10. The van der Waals surface area contributed by atoms with Gasteiger partial charge in [-0.3, -0.25) is 0 Å². The number of anilines is 1. The maximum Gasteiger partial charge on any atom is 0.131 e. The van der Waals surface area contributed by atoms with Gasteiger partial charge in [-0.05, 0) is 110 Å². The van der Waals surface area contributed by atoms with Crippen LogP contribution in [-0.4, -0.2) is 0 Å². The maximum atomic E-state index is 5.99. The lowest BCUT2D eigenvalue weighted by Crippen LogP contribution is -1.93. The minimum absolute atomic E-state index is 0.568. The van der Waals surface area contributed by atoms with Crippen molar-refractivity contribution in [3.05, 3.63) is 133 Å². The molecule has 0 aromatic heterocycles. The molecule has 6 heteroatoms. The zero-order chi connectivity index (χ0) is 26.0. The number of hydrogen-bond acceptors (Lipinski definition) is 6. The molecule has 6 nitrogen and oxygen atoms in total. The molecule has 0 aliphatic carbocycles. The van der Waals surface area contributed by atoms with Crippen molar-refractivity contribution in [2.24, 2.45) is 5.73 Å². The van der Waals surface area contributed by atoms with Gasteiger partial charge in [0.15, 0.2) is 0 Å². The standard InChI is InChI=1S/C31H28N2O4/c1-3-23(32)8-7-22(2)34-25-13-15-28(16-14-25)36-30-5-4-6-31(21-30)37-29-19-17-27(18-20-29)35-26-11-9-24(33)10-12-26/h3-21H,1,32-33H2,2H3/b22-7+,23-8+. The molecule has 0 fully saturated rings. The van der Waals surface area contributed by atoms with Gasteiger partial charge in [-0.25, -0.2) is 0 Å². The summed E-state index contributed by atoms with van der Waals surface area (Å²) in [7, 11) is 0. The molecule has 4 aromatic rings. The summed E-state index contributed by atoms with van der Waals surface area (Å²) in [6.45, 7) is 5.47. The average Bonchev–Trinajstić information content (AvgIpc) is 2.91. The zero-order valence-electron chi connectivity index (χ0n) is 20.5. The first-order valence-electron chi connectivity index (χ1n) is 11.6. The van der Waals surface area contributed by atoms with Crippen LogP contribution in [0.4, 0.5) is 5.69 Å². The van der Waals surface area contributed by atoms with Crippen LogP contribution >= 0.6 is 0 Å². The summed E-state index contributed by atoms with van der Waals surface area (Å²) in [5.74, 6) is 5.45. The Kier molecular flexibility index (Phi) is 8.14. The van der Waals surface area contributed by atoms with E-state index in [4.69, 9.17) is 30.4 Å². The van der Waals surface area contributed by atoms with Crippen LogP contribution in [0.3, 0.4) is 0 Å². The molecule has 0 amide bonds. The van der Waals surface area contributed by atoms with Crippen molar-refractivity contribution < 1.29 is 18.9 Å². The number of nitrogens with two attached hydrogens (primary N) is 2. The Labute approximate surface area is 216 Å². The third kappa shape index (κ3) is 7.70. The van der Waals surface area contributed by atoms with Crippen LogP contribution in [0.5, 0.6) is 40.2 Å². The molecule has 37 heavy (non-hydrogen) atoms. The highest BCUT2D eigenvalue weighted by Crippen LogP contribution is 2.31. The lowest BCUT2D eigenvalue weighted by molar-refractivity contribution is 0.425. The highest BCUT2D eigenvalue weighted by atomic mass is 16.5. The van der Waals surface area contributed by atoms with E-state index in [0.717, 1.165) is 0 Å². The minimum Gasteiger partial charge on any atom is -0.462 e. The molecular weight excluding hydrogens is 464 g/mol. The number of ether oxygens (including phenoxy) is 4. The molecule has 0 saturated heterocycles. The Balaban J connectivity index is 1.34. The van der Waals surface area contributed by atoms with E-state index in [1.54, 1.807) is 30.4 Å². The van der Waals surface area contributed by atoms with Crippen molar-refractivity contribution in [3.8, 4) is 40.2 Å². The van der Waals surface area contributed by atoms with Gasteiger partial charge in [-0.2, -0.15) is 0 Å². The monoisotopic (exact) mass is 492 g/mol. The quantitative estimate of drug-likeness (QED) is 0.133. The third-order valence-electron chi connectivity index (χ3n) is 5.07. The van der Waals surface area contributed by atoms with Crippen LogP contribution < -0.4 is 30.4 Å². The molecule has 4 N–H and O–H groups in total. The molecule has 0 heterocycles. The Morgan fingerprint density at radius 1 is 0.622 bits per heavy atom. The summed E-state index contributed by atoms with van der Waals surface area (Å²) in [6, 6.07) is 29.4. The van der Waals surface area contributed by atoms with Crippen molar-refractivity contribution in [2.45, 2.75) is 6.92 Å². The first-order chi connectivity index (χ1) is 18.0. The molecule has 4 rings (SSSR count). The van der Waals surface area contributed by atoms with Crippen molar-refractivity contribution >= 4 is 5.69 Å². The number of benzene rings is 4. The molecular formula is C31H28N2O4. The lowest BCUT2D eigenvalue weighted by Gasteiger charge is -2.11. The zero-order valence-corrected chi connectivity index (χ0v) is 20.5. The molecule has 0 bridgehead atoms. The fourth-order valence-electron chi connectivity index (χ4n) is 3.20. The fraction of sp³-hybridized carbons (Fsp3) is 0.0323. The topological polar surface area (TPSA) is 89.0 Å². The summed E-state index contributed by atoms with van der Waals surface area (Å²) >= 11 is 0.